The predicted molar refractivity (Wildman–Crippen MR) is 79.6 cm³/mol. The number of nitrogens with zero attached hydrogens (tertiary/aromatic N) is 1. The molecule has 0 spiro atoms. The Morgan fingerprint density at radius 3 is 2.59 bits per heavy atom. The minimum atomic E-state index is -3.10. The molecule has 1 atom stereocenters. The molecule has 2 amide bonds. The average Bonchev–Trinajstić information content (AvgIpc) is 2.76. The van der Waals surface area contributed by atoms with E-state index < -0.39 is 33.5 Å². The highest BCUT2D eigenvalue weighted by Gasteiger charge is 2.29. The molecule has 1 aromatic rings. The second-order valence-electron chi connectivity index (χ2n) is 5.22. The number of carbonyl (C=O) groups excluding carboxylic acids is 2. The number of hydrogen-bond donors (Lipinski definition) is 1. The van der Waals surface area contributed by atoms with E-state index in [-0.39, 0.29) is 23.7 Å². The summed E-state index contributed by atoms with van der Waals surface area (Å²) in [5.74, 6) is -1.64. The first-order valence-electron chi connectivity index (χ1n) is 6.81. The maximum Gasteiger partial charge on any atom is 0.240 e. The van der Waals surface area contributed by atoms with Gasteiger partial charge in [0.15, 0.2) is 9.84 Å². The highest BCUT2D eigenvalue weighted by atomic mass is 32.2. The lowest BCUT2D eigenvalue weighted by molar-refractivity contribution is -0.123. The molecule has 1 aliphatic rings. The lowest BCUT2D eigenvalue weighted by Crippen LogP contribution is -2.44. The standard InChI is InChI=1S/C14H17FN2O4S/c1-10(18)17(13-5-3-2-4-12(13)15)8-14(19)16-11-6-7-22(20,21)9-11/h2-5,11H,6-9H2,1H3,(H,16,19). The van der Waals surface area contributed by atoms with E-state index in [1.165, 1.54) is 25.1 Å². The number of anilines is 1. The van der Waals surface area contributed by atoms with Crippen molar-refractivity contribution in [3.63, 3.8) is 0 Å². The topological polar surface area (TPSA) is 83.6 Å². The predicted octanol–water partition coefficient (Wildman–Crippen LogP) is 0.482. The van der Waals surface area contributed by atoms with Gasteiger partial charge in [-0.1, -0.05) is 12.1 Å². The monoisotopic (exact) mass is 328 g/mol. The second-order valence-corrected chi connectivity index (χ2v) is 7.45. The first kappa shape index (κ1) is 16.4. The van der Waals surface area contributed by atoms with Crippen LogP contribution in [0.2, 0.25) is 0 Å². The highest BCUT2D eigenvalue weighted by Crippen LogP contribution is 2.18. The van der Waals surface area contributed by atoms with Gasteiger partial charge in [0.25, 0.3) is 0 Å². The minimum absolute atomic E-state index is 0.0178. The van der Waals surface area contributed by atoms with E-state index in [9.17, 15) is 22.4 Å². The highest BCUT2D eigenvalue weighted by molar-refractivity contribution is 7.91. The van der Waals surface area contributed by atoms with Gasteiger partial charge < -0.3 is 10.2 Å². The van der Waals surface area contributed by atoms with E-state index in [0.717, 1.165) is 4.90 Å². The third-order valence-corrected chi connectivity index (χ3v) is 5.19. The molecule has 1 heterocycles. The van der Waals surface area contributed by atoms with Crippen LogP contribution in [0.4, 0.5) is 10.1 Å². The summed E-state index contributed by atoms with van der Waals surface area (Å²) >= 11 is 0. The van der Waals surface area contributed by atoms with Gasteiger partial charge in [-0.25, -0.2) is 12.8 Å². The largest absolute Gasteiger partial charge is 0.351 e. The Kier molecular flexibility index (Phi) is 4.80. The van der Waals surface area contributed by atoms with E-state index in [1.54, 1.807) is 6.07 Å². The summed E-state index contributed by atoms with van der Waals surface area (Å²) in [6, 6.07) is 5.21. The summed E-state index contributed by atoms with van der Waals surface area (Å²) in [5, 5.41) is 2.57. The summed E-state index contributed by atoms with van der Waals surface area (Å²) in [6.07, 6.45) is 0.355. The quantitative estimate of drug-likeness (QED) is 0.871. The summed E-state index contributed by atoms with van der Waals surface area (Å²) in [5.41, 5.74) is 0.0178. The van der Waals surface area contributed by atoms with Crippen LogP contribution in [-0.2, 0) is 19.4 Å². The molecule has 120 valence electrons. The molecule has 1 aliphatic heterocycles. The van der Waals surface area contributed by atoms with Crippen LogP contribution in [0.5, 0.6) is 0 Å². The van der Waals surface area contributed by atoms with E-state index in [2.05, 4.69) is 5.32 Å². The molecule has 1 aromatic carbocycles. The van der Waals surface area contributed by atoms with Gasteiger partial charge in [0.2, 0.25) is 11.8 Å². The zero-order valence-electron chi connectivity index (χ0n) is 12.1. The Labute approximate surface area is 128 Å². The lowest BCUT2D eigenvalue weighted by Gasteiger charge is -2.22. The maximum absolute atomic E-state index is 13.8. The van der Waals surface area contributed by atoms with Crippen molar-refractivity contribution < 1.29 is 22.4 Å². The van der Waals surface area contributed by atoms with Gasteiger partial charge in [-0.2, -0.15) is 0 Å². The van der Waals surface area contributed by atoms with Crippen LogP contribution in [-0.4, -0.2) is 44.3 Å². The number of amides is 2. The van der Waals surface area contributed by atoms with Crippen molar-refractivity contribution >= 4 is 27.3 Å². The van der Waals surface area contributed by atoms with Crippen molar-refractivity contribution in [1.29, 1.82) is 0 Å². The van der Waals surface area contributed by atoms with Gasteiger partial charge in [-0.15, -0.1) is 0 Å². The van der Waals surface area contributed by atoms with Crippen LogP contribution in [0.15, 0.2) is 24.3 Å². The third-order valence-electron chi connectivity index (χ3n) is 3.42. The number of sulfone groups is 1. The second kappa shape index (κ2) is 6.43. The summed E-state index contributed by atoms with van der Waals surface area (Å²) in [7, 11) is -3.10. The summed E-state index contributed by atoms with van der Waals surface area (Å²) in [4.78, 5) is 24.7. The van der Waals surface area contributed by atoms with Crippen molar-refractivity contribution in [3.05, 3.63) is 30.1 Å². The first-order valence-corrected chi connectivity index (χ1v) is 8.63. The van der Waals surface area contributed by atoms with Crippen molar-refractivity contribution in [3.8, 4) is 0 Å². The maximum atomic E-state index is 13.8. The Hall–Kier alpha value is -1.96. The fourth-order valence-corrected chi connectivity index (χ4v) is 4.04. The number of benzene rings is 1. The molecule has 1 unspecified atom stereocenters. The van der Waals surface area contributed by atoms with Crippen LogP contribution in [0, 0.1) is 5.82 Å². The molecule has 8 heteroatoms. The molecule has 6 nitrogen and oxygen atoms in total. The molecular weight excluding hydrogens is 311 g/mol. The Balaban J connectivity index is 2.04. The van der Waals surface area contributed by atoms with Crippen LogP contribution >= 0.6 is 0 Å². The zero-order valence-corrected chi connectivity index (χ0v) is 12.9. The minimum Gasteiger partial charge on any atom is -0.351 e. The van der Waals surface area contributed by atoms with Crippen molar-refractivity contribution in [2.24, 2.45) is 0 Å². The molecule has 0 aromatic heterocycles. The van der Waals surface area contributed by atoms with E-state index in [0.29, 0.717) is 6.42 Å². The van der Waals surface area contributed by atoms with E-state index in [4.69, 9.17) is 0 Å². The van der Waals surface area contributed by atoms with Crippen LogP contribution in [0.3, 0.4) is 0 Å². The van der Waals surface area contributed by atoms with Gasteiger partial charge in [0.05, 0.1) is 17.2 Å². The van der Waals surface area contributed by atoms with Gasteiger partial charge in [-0.05, 0) is 18.6 Å². The molecule has 1 N–H and O–H groups in total. The number of nitrogens with one attached hydrogen (secondary N) is 1. The summed E-state index contributed by atoms with van der Waals surface area (Å²) in [6.45, 7) is 0.882. The van der Waals surface area contributed by atoms with Gasteiger partial charge in [-0.3, -0.25) is 9.59 Å². The van der Waals surface area contributed by atoms with Crippen molar-refractivity contribution in [2.45, 2.75) is 19.4 Å². The number of rotatable bonds is 4. The van der Waals surface area contributed by atoms with Crippen LogP contribution in [0.25, 0.3) is 0 Å². The molecule has 22 heavy (non-hydrogen) atoms. The van der Waals surface area contributed by atoms with Gasteiger partial charge in [0, 0.05) is 13.0 Å². The van der Waals surface area contributed by atoms with E-state index in [1.807, 2.05) is 0 Å². The Bertz CT molecular complexity index is 690. The van der Waals surface area contributed by atoms with Gasteiger partial charge >= 0.3 is 0 Å². The smallest absolute Gasteiger partial charge is 0.240 e. The fourth-order valence-electron chi connectivity index (χ4n) is 2.36. The summed E-state index contributed by atoms with van der Waals surface area (Å²) < 4.78 is 36.5. The Morgan fingerprint density at radius 1 is 1.36 bits per heavy atom. The third kappa shape index (κ3) is 4.03. The first-order chi connectivity index (χ1) is 10.3. The van der Waals surface area contributed by atoms with Crippen molar-refractivity contribution in [2.75, 3.05) is 23.0 Å². The van der Waals surface area contributed by atoms with Gasteiger partial charge in [0.1, 0.15) is 12.4 Å². The van der Waals surface area contributed by atoms with Crippen LogP contribution in [0.1, 0.15) is 13.3 Å². The number of carbonyl (C=O) groups is 2. The fraction of sp³-hybridized carbons (Fsp3) is 0.429. The van der Waals surface area contributed by atoms with Crippen LogP contribution < -0.4 is 10.2 Å². The molecule has 1 saturated heterocycles. The molecule has 0 radical (unpaired) electrons. The molecule has 1 fully saturated rings. The number of hydrogen-bond acceptors (Lipinski definition) is 4. The SMILES string of the molecule is CC(=O)N(CC(=O)NC1CCS(=O)(=O)C1)c1ccccc1F. The molecular formula is C14H17FN2O4S. The Morgan fingerprint density at radius 2 is 2.05 bits per heavy atom. The average molecular weight is 328 g/mol. The van der Waals surface area contributed by atoms with Crippen molar-refractivity contribution in [1.82, 2.24) is 5.32 Å². The molecule has 0 saturated carbocycles. The number of halogens is 1. The lowest BCUT2D eigenvalue weighted by atomic mass is 10.2. The zero-order chi connectivity index (χ0) is 16.3. The normalized spacial score (nSPS) is 19.6. The molecule has 2 rings (SSSR count). The molecule has 0 aliphatic carbocycles. The van der Waals surface area contributed by atoms with E-state index >= 15 is 0 Å². The molecule has 0 bridgehead atoms. The number of para-hydroxylation sites is 1.